The first-order chi connectivity index (χ1) is 13.0. The highest BCUT2D eigenvalue weighted by atomic mass is 16.5. The molecule has 2 aliphatic rings. The monoisotopic (exact) mass is 375 g/mol. The number of nitrogens with one attached hydrogen (secondary N) is 1. The first-order valence-corrected chi connectivity index (χ1v) is 9.29. The molecule has 27 heavy (non-hydrogen) atoms. The number of rotatable bonds is 4. The van der Waals surface area contributed by atoms with E-state index in [2.05, 4.69) is 10.2 Å². The number of likely N-dealkylation sites (tertiary alicyclic amines) is 1. The van der Waals surface area contributed by atoms with Gasteiger partial charge in [-0.2, -0.15) is 0 Å². The third kappa shape index (κ3) is 3.40. The van der Waals surface area contributed by atoms with Gasteiger partial charge in [0.15, 0.2) is 5.58 Å². The number of benzene rings is 1. The molecule has 1 N–H and O–H groups in total. The predicted molar refractivity (Wildman–Crippen MR) is 99.9 cm³/mol. The molecule has 4 rings (SSSR count). The summed E-state index contributed by atoms with van der Waals surface area (Å²) >= 11 is 0. The van der Waals surface area contributed by atoms with Crippen molar-refractivity contribution in [2.24, 2.45) is 7.05 Å². The maximum Gasteiger partial charge on any atom is 0.419 e. The Morgan fingerprint density at radius 1 is 1.41 bits per heavy atom. The lowest BCUT2D eigenvalue weighted by Crippen LogP contribution is -2.57. The molecule has 0 radical (unpaired) electrons. The van der Waals surface area contributed by atoms with Gasteiger partial charge >= 0.3 is 5.76 Å². The Morgan fingerprint density at radius 2 is 2.26 bits per heavy atom. The largest absolute Gasteiger partial charge is 0.419 e. The molecule has 0 aliphatic carbocycles. The Kier molecular flexibility index (Phi) is 4.79. The van der Waals surface area contributed by atoms with Crippen LogP contribution in [0.1, 0.15) is 19.3 Å². The molecule has 1 spiro atoms. The van der Waals surface area contributed by atoms with Gasteiger partial charge in [0.25, 0.3) is 0 Å². The molecule has 0 saturated carbocycles. The molecule has 1 aromatic carbocycles. The Labute approximate surface area is 157 Å². The quantitative estimate of drug-likeness (QED) is 0.868. The lowest BCUT2D eigenvalue weighted by molar-refractivity contribution is -0.145. The summed E-state index contributed by atoms with van der Waals surface area (Å²) in [6.07, 6.45) is 2.95. The lowest BCUT2D eigenvalue weighted by atomic mass is 9.86. The van der Waals surface area contributed by atoms with Crippen molar-refractivity contribution in [3.63, 3.8) is 0 Å². The van der Waals surface area contributed by atoms with Crippen molar-refractivity contribution in [3.8, 4) is 0 Å². The Bertz CT molecular complexity index is 896. The van der Waals surface area contributed by atoms with E-state index < -0.39 is 5.76 Å². The minimum absolute atomic E-state index is 0.0171. The molecule has 2 saturated heterocycles. The van der Waals surface area contributed by atoms with Gasteiger partial charge in [0, 0.05) is 45.6 Å². The molecular weight excluding hydrogens is 350 g/mol. The first kappa shape index (κ1) is 18.2. The fourth-order valence-electron chi connectivity index (χ4n) is 4.22. The maximum absolute atomic E-state index is 12.5. The van der Waals surface area contributed by atoms with Crippen molar-refractivity contribution in [3.05, 3.63) is 28.7 Å². The summed E-state index contributed by atoms with van der Waals surface area (Å²) in [6.45, 7) is 2.56. The fraction of sp³-hybridized carbons (Fsp3) is 0.579. The molecule has 3 heterocycles. The maximum atomic E-state index is 12.5. The summed E-state index contributed by atoms with van der Waals surface area (Å²) in [5, 5.41) is 2.88. The summed E-state index contributed by atoms with van der Waals surface area (Å²) in [5.74, 6) is -0.527. The van der Waals surface area contributed by atoms with Crippen molar-refractivity contribution in [1.82, 2.24) is 9.47 Å². The topological polar surface area (TPSA) is 85.9 Å². The highest BCUT2D eigenvalue weighted by Crippen LogP contribution is 2.37. The molecule has 0 bridgehead atoms. The SMILES string of the molecule is CO[C@@H]1CN(CC(=O)Nc2ccc3c(c2)oc(=O)n3C)CC[C@]12CCCO2. The van der Waals surface area contributed by atoms with Crippen LogP contribution in [0.3, 0.4) is 0 Å². The normalized spacial score (nSPS) is 26.1. The molecule has 0 unspecified atom stereocenters. The van der Waals surface area contributed by atoms with E-state index in [9.17, 15) is 9.59 Å². The van der Waals surface area contributed by atoms with E-state index in [0.717, 1.165) is 32.4 Å². The van der Waals surface area contributed by atoms with Crippen LogP contribution in [0.2, 0.25) is 0 Å². The van der Waals surface area contributed by atoms with E-state index in [1.54, 1.807) is 32.4 Å². The molecule has 146 valence electrons. The second-order valence-corrected chi connectivity index (χ2v) is 7.38. The van der Waals surface area contributed by atoms with Crippen LogP contribution in [-0.4, -0.2) is 60.4 Å². The van der Waals surface area contributed by atoms with Gasteiger partial charge in [-0.15, -0.1) is 0 Å². The molecule has 2 atom stereocenters. The summed E-state index contributed by atoms with van der Waals surface area (Å²) in [7, 11) is 3.36. The van der Waals surface area contributed by atoms with Crippen molar-refractivity contribution in [1.29, 1.82) is 0 Å². The number of methoxy groups -OCH3 is 1. The second kappa shape index (κ2) is 7.10. The number of hydrogen-bond acceptors (Lipinski definition) is 6. The highest BCUT2D eigenvalue weighted by Gasteiger charge is 2.46. The highest BCUT2D eigenvalue weighted by molar-refractivity contribution is 5.94. The van der Waals surface area contributed by atoms with Gasteiger partial charge in [-0.05, 0) is 31.4 Å². The van der Waals surface area contributed by atoms with Crippen molar-refractivity contribution in [2.75, 3.05) is 38.7 Å². The van der Waals surface area contributed by atoms with Gasteiger partial charge in [0.1, 0.15) is 0 Å². The van der Waals surface area contributed by atoms with Crippen LogP contribution in [-0.2, 0) is 21.3 Å². The van der Waals surface area contributed by atoms with Gasteiger partial charge in [0.2, 0.25) is 5.91 Å². The second-order valence-electron chi connectivity index (χ2n) is 7.38. The number of hydrogen-bond donors (Lipinski definition) is 1. The van der Waals surface area contributed by atoms with E-state index in [4.69, 9.17) is 13.9 Å². The number of oxazole rings is 1. The summed E-state index contributed by atoms with van der Waals surface area (Å²) in [5.41, 5.74) is 1.58. The number of carbonyl (C=O) groups excluding carboxylic acids is 1. The average molecular weight is 375 g/mol. The van der Waals surface area contributed by atoms with E-state index >= 15 is 0 Å². The third-order valence-electron chi connectivity index (χ3n) is 5.72. The average Bonchev–Trinajstić information content (AvgIpc) is 3.22. The number of carbonyl (C=O) groups is 1. The minimum Gasteiger partial charge on any atom is -0.408 e. The van der Waals surface area contributed by atoms with E-state index in [-0.39, 0.29) is 24.2 Å². The smallest absolute Gasteiger partial charge is 0.408 e. The molecular formula is C19H25N3O5. The van der Waals surface area contributed by atoms with Crippen LogP contribution in [0.25, 0.3) is 11.1 Å². The number of ether oxygens (including phenoxy) is 2. The van der Waals surface area contributed by atoms with Crippen LogP contribution in [0.15, 0.2) is 27.4 Å². The number of amides is 1. The van der Waals surface area contributed by atoms with Crippen molar-refractivity contribution in [2.45, 2.75) is 31.0 Å². The van der Waals surface area contributed by atoms with Crippen LogP contribution < -0.4 is 11.1 Å². The van der Waals surface area contributed by atoms with Crippen molar-refractivity contribution >= 4 is 22.7 Å². The Balaban J connectivity index is 1.39. The van der Waals surface area contributed by atoms with Crippen LogP contribution in [0, 0.1) is 0 Å². The number of fused-ring (bicyclic) bond motifs is 1. The van der Waals surface area contributed by atoms with E-state index in [1.165, 1.54) is 4.57 Å². The standard InChI is InChI=1S/C19H25N3O5/c1-21-14-5-4-13(10-15(14)27-18(21)24)20-17(23)12-22-8-7-19(6-3-9-26-19)16(11-22)25-2/h4-5,10,16H,3,6-9,11-12H2,1-2H3,(H,20,23)/t16-,19-/m1/s1. The van der Waals surface area contributed by atoms with Gasteiger partial charge in [0.05, 0.1) is 23.8 Å². The summed E-state index contributed by atoms with van der Waals surface area (Å²) in [6, 6.07) is 5.20. The predicted octanol–water partition coefficient (Wildman–Crippen LogP) is 1.34. The fourth-order valence-corrected chi connectivity index (χ4v) is 4.22. The number of aromatic nitrogens is 1. The third-order valence-corrected chi connectivity index (χ3v) is 5.72. The van der Waals surface area contributed by atoms with Gasteiger partial charge in [-0.3, -0.25) is 14.3 Å². The molecule has 8 nitrogen and oxygen atoms in total. The van der Waals surface area contributed by atoms with Gasteiger partial charge < -0.3 is 19.2 Å². The molecule has 8 heteroatoms. The summed E-state index contributed by atoms with van der Waals surface area (Å²) < 4.78 is 18.3. The van der Waals surface area contributed by atoms with Gasteiger partial charge in [-0.1, -0.05) is 0 Å². The van der Waals surface area contributed by atoms with E-state index in [1.807, 2.05) is 0 Å². The number of aryl methyl sites for hydroxylation is 1. The van der Waals surface area contributed by atoms with Crippen LogP contribution in [0.5, 0.6) is 0 Å². The number of anilines is 1. The van der Waals surface area contributed by atoms with E-state index in [0.29, 0.717) is 23.3 Å². The molecule has 2 aliphatic heterocycles. The molecule has 1 amide bonds. The zero-order valence-corrected chi connectivity index (χ0v) is 15.7. The minimum atomic E-state index is -0.421. The number of piperidine rings is 1. The zero-order chi connectivity index (χ0) is 19.0. The van der Waals surface area contributed by atoms with Crippen molar-refractivity contribution < 1.29 is 18.7 Å². The molecule has 2 aromatic rings. The Hall–Kier alpha value is -2.16. The Morgan fingerprint density at radius 3 is 3.00 bits per heavy atom. The molecule has 1 aromatic heterocycles. The first-order valence-electron chi connectivity index (χ1n) is 9.29. The molecule has 2 fully saturated rings. The van der Waals surface area contributed by atoms with Crippen LogP contribution >= 0.6 is 0 Å². The zero-order valence-electron chi connectivity index (χ0n) is 15.7. The van der Waals surface area contributed by atoms with Crippen LogP contribution in [0.4, 0.5) is 5.69 Å². The lowest BCUT2D eigenvalue weighted by Gasteiger charge is -2.44. The summed E-state index contributed by atoms with van der Waals surface area (Å²) in [4.78, 5) is 26.1. The number of nitrogens with zero attached hydrogens (tertiary/aromatic N) is 2. The van der Waals surface area contributed by atoms with Gasteiger partial charge in [-0.25, -0.2) is 4.79 Å².